The molecular formula is C66H83N3O13. The number of hydrogen-bond donors (Lipinski definition) is 0. The van der Waals surface area contributed by atoms with Gasteiger partial charge < -0.3 is 61.6 Å². The van der Waals surface area contributed by atoms with Gasteiger partial charge in [0, 0.05) is 10.5 Å². The van der Waals surface area contributed by atoms with Crippen molar-refractivity contribution < 1.29 is 61.6 Å². The molecule has 82 heavy (non-hydrogen) atoms. The zero-order valence-electron chi connectivity index (χ0n) is 48.4. The minimum absolute atomic E-state index is 0.0602. The van der Waals surface area contributed by atoms with Crippen molar-refractivity contribution in [2.75, 3.05) is 13.2 Å². The van der Waals surface area contributed by atoms with Gasteiger partial charge in [-0.3, -0.25) is 0 Å². The molecule has 11 unspecified atom stereocenters. The van der Waals surface area contributed by atoms with E-state index >= 15 is 0 Å². The van der Waals surface area contributed by atoms with Crippen LogP contribution in [0.25, 0.3) is 10.4 Å². The summed E-state index contributed by atoms with van der Waals surface area (Å²) in [4.78, 5) is 3.31. The average Bonchev–Trinajstić information content (AvgIpc) is 3.62. The second kappa shape index (κ2) is 29.1. The first-order valence-electron chi connectivity index (χ1n) is 29.6. The van der Waals surface area contributed by atoms with Gasteiger partial charge in [-0.1, -0.05) is 205 Å². The normalized spacial score (nSPS) is 35.7. The van der Waals surface area contributed by atoms with Gasteiger partial charge in [0.25, 0.3) is 0 Å². The van der Waals surface area contributed by atoms with Crippen LogP contribution in [-0.2, 0) is 88.0 Å². The summed E-state index contributed by atoms with van der Waals surface area (Å²) in [6, 6.07) is 49.0. The summed E-state index contributed by atoms with van der Waals surface area (Å²) in [6.07, 6.45) is -9.16. The van der Waals surface area contributed by atoms with Crippen LogP contribution < -0.4 is 0 Å². The number of rotatable bonds is 23. The molecule has 0 bridgehead atoms. The van der Waals surface area contributed by atoms with Gasteiger partial charge in [0.2, 0.25) is 0 Å². The molecule has 0 saturated carbocycles. The number of nitrogens with zero attached hydrogens (tertiary/aromatic N) is 3. The lowest BCUT2D eigenvalue weighted by atomic mass is 9.81. The van der Waals surface area contributed by atoms with Crippen molar-refractivity contribution in [3.63, 3.8) is 0 Å². The van der Waals surface area contributed by atoms with Crippen molar-refractivity contribution in [1.82, 2.24) is 0 Å². The van der Waals surface area contributed by atoms with Gasteiger partial charge in [0.05, 0.1) is 64.0 Å². The summed E-state index contributed by atoms with van der Waals surface area (Å²) in [7, 11) is 0. The van der Waals surface area contributed by atoms with Crippen LogP contribution in [0.3, 0.4) is 0 Å². The smallest absolute Gasteiger partial charge is 0.187 e. The Morgan fingerprint density at radius 3 is 1.45 bits per heavy atom. The zero-order chi connectivity index (χ0) is 57.0. The molecule has 5 fully saturated rings. The fourth-order valence-corrected chi connectivity index (χ4v) is 12.3. The predicted octanol–water partition coefficient (Wildman–Crippen LogP) is 12.4. The van der Waals surface area contributed by atoms with Crippen molar-refractivity contribution in [3.8, 4) is 0 Å². The third-order valence-corrected chi connectivity index (χ3v) is 17.5. The average molecular weight is 1130 g/mol. The second-order valence-electron chi connectivity index (χ2n) is 22.8. The Morgan fingerprint density at radius 2 is 0.902 bits per heavy atom. The van der Waals surface area contributed by atoms with Gasteiger partial charge in [-0.2, -0.15) is 0 Å². The highest BCUT2D eigenvalue weighted by molar-refractivity contribution is 5.19. The molecular weight excluding hydrogens is 1040 g/mol. The van der Waals surface area contributed by atoms with Gasteiger partial charge in [-0.05, 0) is 70.2 Å². The standard InChI is InChI=1S/C66H83N3O13/c1-8-51-41(3)43(5)57(71-36-47-27-17-11-18-28-47)64(75-51)80-58-44(6)42(4)52(9-2)76-65(58)82-60-59-54(40-74-62(81-59)50-33-23-14-24-34-50)78-66(61(60)72-37-48-29-19-12-20-30-48)79-56-45(7)55(68-69-67)63(73-38-49-31-21-13-22-32-49)77-53(56)39-70-35-46-25-15-10-16-26-46/h10-34,41-45,51-66H,8-9,35-40H2,1-7H3/t41-,42-,43?,44?,45-,51?,52?,53?,54?,55?,56-,57?,58?,59+,60-,61?,62?,63+,64+,65+,66-/m0/s1. The predicted molar refractivity (Wildman–Crippen MR) is 306 cm³/mol. The van der Waals surface area contributed by atoms with Crippen LogP contribution in [0.4, 0.5) is 0 Å². The molecule has 0 aromatic heterocycles. The topological polar surface area (TPSA) is 169 Å². The van der Waals surface area contributed by atoms with Gasteiger partial charge in [-0.15, -0.1) is 0 Å². The van der Waals surface area contributed by atoms with Crippen molar-refractivity contribution in [2.24, 2.45) is 34.7 Å². The molecule has 5 heterocycles. The van der Waals surface area contributed by atoms with E-state index in [2.05, 4.69) is 63.7 Å². The quantitative estimate of drug-likeness (QED) is 0.0344. The van der Waals surface area contributed by atoms with Crippen LogP contribution in [-0.4, -0.2) is 105 Å². The summed E-state index contributed by atoms with van der Waals surface area (Å²) >= 11 is 0. The molecule has 0 N–H and O–H groups in total. The Morgan fingerprint density at radius 1 is 0.451 bits per heavy atom. The van der Waals surface area contributed by atoms with Crippen molar-refractivity contribution >= 4 is 0 Å². The van der Waals surface area contributed by atoms with E-state index in [1.54, 1.807) is 0 Å². The van der Waals surface area contributed by atoms with Crippen molar-refractivity contribution in [1.29, 1.82) is 0 Å². The number of ether oxygens (including phenoxy) is 13. The fourth-order valence-electron chi connectivity index (χ4n) is 12.3. The Balaban J connectivity index is 1.01. The van der Waals surface area contributed by atoms with Crippen LogP contribution in [0.15, 0.2) is 157 Å². The summed E-state index contributed by atoms with van der Waals surface area (Å²) in [5, 5.41) is 4.31. The number of fused-ring (bicyclic) bond motifs is 1. The molecule has 5 saturated heterocycles. The second-order valence-corrected chi connectivity index (χ2v) is 22.8. The maximum Gasteiger partial charge on any atom is 0.187 e. The summed E-state index contributed by atoms with van der Waals surface area (Å²) < 4.78 is 91.2. The SMILES string of the molecule is CCC1O[C@H](O[C@@H]2C(OCc3ccccc3)[C@H](O[C@@H]3C(COCc4ccccc4)O[C@@H](OCc4ccccc4)C(N=[N+]=[N-])[C@@H]3C)OC3COC(c4ccccc4)O[C@H]32)C(O[C@H]2OC(CC)[C@@H](C)C(C)C2OCc2ccccc2)C(C)[C@@H]1C. The third kappa shape index (κ3) is 14.5. The zero-order valence-corrected chi connectivity index (χ0v) is 48.4. The van der Waals surface area contributed by atoms with Crippen LogP contribution in [0.2, 0.25) is 0 Å². The first kappa shape index (κ1) is 60.0. The van der Waals surface area contributed by atoms with E-state index < -0.39 is 92.2 Å². The van der Waals surface area contributed by atoms with E-state index in [9.17, 15) is 5.53 Å². The molecule has 440 valence electrons. The molecule has 0 aliphatic carbocycles. The molecule has 5 aromatic carbocycles. The summed E-state index contributed by atoms with van der Waals surface area (Å²) in [5.74, 6) is -0.161. The first-order valence-corrected chi connectivity index (χ1v) is 29.6. The molecule has 10 rings (SSSR count). The number of hydrogen-bond acceptors (Lipinski definition) is 14. The minimum atomic E-state index is -1.14. The third-order valence-electron chi connectivity index (χ3n) is 17.5. The highest BCUT2D eigenvalue weighted by atomic mass is 16.8. The fraction of sp³-hybridized carbons (Fsp3) is 0.545. The molecule has 0 radical (unpaired) electrons. The Hall–Kier alpha value is -5.11. The number of benzene rings is 5. The lowest BCUT2D eigenvalue weighted by Gasteiger charge is -2.53. The molecule has 5 aromatic rings. The molecule has 0 spiro atoms. The molecule has 0 amide bonds. The van der Waals surface area contributed by atoms with E-state index in [-0.39, 0.29) is 62.3 Å². The lowest BCUT2D eigenvalue weighted by molar-refractivity contribution is -0.411. The number of azide groups is 1. The maximum absolute atomic E-state index is 10.1. The Bertz CT molecular complexity index is 2720. The van der Waals surface area contributed by atoms with E-state index in [0.717, 1.165) is 40.7 Å². The lowest BCUT2D eigenvalue weighted by Crippen LogP contribution is -2.67. The Labute approximate surface area is 483 Å². The summed E-state index contributed by atoms with van der Waals surface area (Å²) in [5.41, 5.74) is 14.9. The molecule has 16 nitrogen and oxygen atoms in total. The van der Waals surface area contributed by atoms with Crippen LogP contribution in [0.5, 0.6) is 0 Å². The highest BCUT2D eigenvalue weighted by Crippen LogP contribution is 2.45. The molecule has 5 aliphatic rings. The highest BCUT2D eigenvalue weighted by Gasteiger charge is 2.57. The van der Waals surface area contributed by atoms with Gasteiger partial charge in [0.1, 0.15) is 42.7 Å². The van der Waals surface area contributed by atoms with E-state index in [1.165, 1.54) is 0 Å². The summed E-state index contributed by atoms with van der Waals surface area (Å²) in [6.45, 7) is 16.5. The van der Waals surface area contributed by atoms with Crippen LogP contribution in [0, 0.1) is 29.6 Å². The Kier molecular flexibility index (Phi) is 21.3. The maximum atomic E-state index is 10.1. The van der Waals surface area contributed by atoms with Gasteiger partial charge in [0.15, 0.2) is 31.5 Å². The minimum Gasteiger partial charge on any atom is -0.374 e. The molecule has 16 heteroatoms. The first-order chi connectivity index (χ1) is 40.1. The van der Waals surface area contributed by atoms with E-state index in [4.69, 9.17) is 61.6 Å². The van der Waals surface area contributed by atoms with Crippen molar-refractivity contribution in [3.05, 3.63) is 190 Å². The van der Waals surface area contributed by atoms with E-state index in [0.29, 0.717) is 13.2 Å². The van der Waals surface area contributed by atoms with E-state index in [1.807, 2.05) is 146 Å². The van der Waals surface area contributed by atoms with Gasteiger partial charge in [-0.25, -0.2) is 0 Å². The van der Waals surface area contributed by atoms with Crippen molar-refractivity contribution in [2.45, 2.75) is 186 Å². The molecule has 21 atom stereocenters. The van der Waals surface area contributed by atoms with Crippen LogP contribution >= 0.6 is 0 Å². The van der Waals surface area contributed by atoms with Crippen LogP contribution in [0.1, 0.15) is 95.4 Å². The largest absolute Gasteiger partial charge is 0.374 e. The molecule has 5 aliphatic heterocycles. The monoisotopic (exact) mass is 1130 g/mol. The van der Waals surface area contributed by atoms with Gasteiger partial charge >= 0.3 is 0 Å².